The zero-order valence-electron chi connectivity index (χ0n) is 14.9. The van der Waals surface area contributed by atoms with E-state index < -0.39 is 22.0 Å². The third-order valence-electron chi connectivity index (χ3n) is 3.95. The van der Waals surface area contributed by atoms with Crippen molar-refractivity contribution in [3.63, 3.8) is 0 Å². The fourth-order valence-corrected chi connectivity index (χ4v) is 4.07. The Bertz CT molecular complexity index is 854. The number of rotatable bonds is 7. The van der Waals surface area contributed by atoms with Gasteiger partial charge < -0.3 is 5.32 Å². The Kier molecular flexibility index (Phi) is 6.81. The van der Waals surface area contributed by atoms with E-state index in [4.69, 9.17) is 11.6 Å². The van der Waals surface area contributed by atoms with Crippen molar-refractivity contribution in [2.45, 2.75) is 37.8 Å². The average Bonchev–Trinajstić information content (AvgIpc) is 2.59. The van der Waals surface area contributed by atoms with Gasteiger partial charge in [0, 0.05) is 5.02 Å². The quantitative estimate of drug-likeness (QED) is 0.754. The largest absolute Gasteiger partial charge is 0.348 e. The molecule has 2 aromatic carbocycles. The number of carbonyl (C=O) groups excluding carboxylic acids is 1. The third-order valence-corrected chi connectivity index (χ3v) is 5.73. The van der Waals surface area contributed by atoms with Gasteiger partial charge in [0.2, 0.25) is 15.9 Å². The molecule has 5 nitrogen and oxygen atoms in total. The van der Waals surface area contributed by atoms with E-state index in [1.165, 1.54) is 19.1 Å². The maximum Gasteiger partial charge on any atom is 0.241 e. The lowest BCUT2D eigenvalue weighted by Crippen LogP contribution is -2.46. The van der Waals surface area contributed by atoms with Crippen molar-refractivity contribution in [3.05, 3.63) is 65.2 Å². The molecule has 7 heteroatoms. The van der Waals surface area contributed by atoms with E-state index in [-0.39, 0.29) is 16.9 Å². The molecule has 0 saturated heterocycles. The highest BCUT2D eigenvalue weighted by atomic mass is 35.5. The number of hydrogen-bond acceptors (Lipinski definition) is 3. The number of hydrogen-bond donors (Lipinski definition) is 2. The molecular weight excluding hydrogens is 372 g/mol. The van der Waals surface area contributed by atoms with Crippen LogP contribution in [0.5, 0.6) is 0 Å². The smallest absolute Gasteiger partial charge is 0.241 e. The van der Waals surface area contributed by atoms with E-state index in [1.807, 2.05) is 44.2 Å². The topological polar surface area (TPSA) is 75.3 Å². The molecule has 2 N–H and O–H groups in total. The summed E-state index contributed by atoms with van der Waals surface area (Å²) in [6, 6.07) is 14.4. The van der Waals surface area contributed by atoms with Gasteiger partial charge in [0.25, 0.3) is 0 Å². The Morgan fingerprint density at radius 2 is 1.65 bits per heavy atom. The number of halogens is 1. The van der Waals surface area contributed by atoms with Crippen molar-refractivity contribution in [1.29, 1.82) is 0 Å². The second-order valence-corrected chi connectivity index (χ2v) is 8.59. The highest BCUT2D eigenvalue weighted by molar-refractivity contribution is 7.89. The lowest BCUT2D eigenvalue weighted by atomic mass is 9.96. The predicted molar refractivity (Wildman–Crippen MR) is 103 cm³/mol. The van der Waals surface area contributed by atoms with Gasteiger partial charge in [-0.3, -0.25) is 4.79 Å². The zero-order chi connectivity index (χ0) is 19.3. The summed E-state index contributed by atoms with van der Waals surface area (Å²) in [7, 11) is -3.84. The van der Waals surface area contributed by atoms with Crippen LogP contribution in [0.25, 0.3) is 0 Å². The molecule has 0 aliphatic rings. The molecule has 0 unspecified atom stereocenters. The second-order valence-electron chi connectivity index (χ2n) is 6.44. The summed E-state index contributed by atoms with van der Waals surface area (Å²) in [4.78, 5) is 12.6. The summed E-state index contributed by atoms with van der Waals surface area (Å²) in [5.41, 5.74) is 0.973. The number of nitrogens with one attached hydrogen (secondary N) is 2. The SMILES string of the molecule is CC(C)[C@@H](NC(=O)[C@@H](C)NS(=O)(=O)c1cccc(Cl)c1)c1ccccc1. The average molecular weight is 395 g/mol. The van der Waals surface area contributed by atoms with Gasteiger partial charge in [-0.15, -0.1) is 0 Å². The van der Waals surface area contributed by atoms with Crippen molar-refractivity contribution in [1.82, 2.24) is 10.0 Å². The fraction of sp³-hybridized carbons (Fsp3) is 0.316. The molecule has 0 spiro atoms. The minimum atomic E-state index is -3.84. The molecule has 140 valence electrons. The normalized spacial score (nSPS) is 14.0. The van der Waals surface area contributed by atoms with Gasteiger partial charge in [-0.1, -0.05) is 61.8 Å². The second kappa shape index (κ2) is 8.66. The summed E-state index contributed by atoms with van der Waals surface area (Å²) in [6.07, 6.45) is 0. The first-order valence-corrected chi connectivity index (χ1v) is 10.2. The molecule has 0 radical (unpaired) electrons. The van der Waals surface area contributed by atoms with Crippen LogP contribution in [-0.4, -0.2) is 20.4 Å². The molecular formula is C19H23ClN2O3S. The summed E-state index contributed by atoms with van der Waals surface area (Å²) >= 11 is 5.85. The van der Waals surface area contributed by atoms with Crippen LogP contribution in [0.2, 0.25) is 5.02 Å². The lowest BCUT2D eigenvalue weighted by molar-refractivity contribution is -0.123. The molecule has 2 atom stereocenters. The Morgan fingerprint density at radius 1 is 1.00 bits per heavy atom. The number of amides is 1. The zero-order valence-corrected chi connectivity index (χ0v) is 16.5. The number of benzene rings is 2. The van der Waals surface area contributed by atoms with Gasteiger partial charge in [-0.2, -0.15) is 4.72 Å². The van der Waals surface area contributed by atoms with Crippen LogP contribution in [-0.2, 0) is 14.8 Å². The van der Waals surface area contributed by atoms with E-state index in [1.54, 1.807) is 12.1 Å². The van der Waals surface area contributed by atoms with Crippen LogP contribution in [0.4, 0.5) is 0 Å². The Hall–Kier alpha value is -1.89. The van der Waals surface area contributed by atoms with Gasteiger partial charge in [-0.05, 0) is 36.6 Å². The van der Waals surface area contributed by atoms with Crippen LogP contribution in [0.1, 0.15) is 32.4 Å². The molecule has 0 bridgehead atoms. The molecule has 1 amide bonds. The molecule has 0 saturated carbocycles. The van der Waals surface area contributed by atoms with Gasteiger partial charge in [0.05, 0.1) is 17.0 Å². The van der Waals surface area contributed by atoms with Crippen molar-refractivity contribution >= 4 is 27.5 Å². The van der Waals surface area contributed by atoms with Crippen LogP contribution >= 0.6 is 11.6 Å². The maximum atomic E-state index is 12.5. The van der Waals surface area contributed by atoms with Gasteiger partial charge in [-0.25, -0.2) is 8.42 Å². The molecule has 0 fully saturated rings. The van der Waals surface area contributed by atoms with E-state index in [0.717, 1.165) is 5.56 Å². The van der Waals surface area contributed by atoms with Gasteiger partial charge >= 0.3 is 0 Å². The first kappa shape index (κ1) is 20.4. The van der Waals surface area contributed by atoms with Crippen LogP contribution in [0, 0.1) is 5.92 Å². The number of sulfonamides is 1. The van der Waals surface area contributed by atoms with Crippen molar-refractivity contribution in [2.75, 3.05) is 0 Å². The molecule has 0 aromatic heterocycles. The highest BCUT2D eigenvalue weighted by Crippen LogP contribution is 2.21. The van der Waals surface area contributed by atoms with Gasteiger partial charge in [0.15, 0.2) is 0 Å². The Balaban J connectivity index is 2.11. The molecule has 2 rings (SSSR count). The van der Waals surface area contributed by atoms with Crippen molar-refractivity contribution in [3.8, 4) is 0 Å². The van der Waals surface area contributed by atoms with Crippen molar-refractivity contribution in [2.24, 2.45) is 5.92 Å². The Labute approximate surface area is 159 Å². The number of carbonyl (C=O) groups is 1. The lowest BCUT2D eigenvalue weighted by Gasteiger charge is -2.25. The monoisotopic (exact) mass is 394 g/mol. The maximum absolute atomic E-state index is 12.5. The summed E-state index contributed by atoms with van der Waals surface area (Å²) in [5.74, 6) is -0.240. The third kappa shape index (κ3) is 5.30. The van der Waals surface area contributed by atoms with Crippen LogP contribution < -0.4 is 10.0 Å². The summed E-state index contributed by atoms with van der Waals surface area (Å²) < 4.78 is 27.3. The molecule has 0 aliphatic carbocycles. The fourth-order valence-electron chi connectivity index (χ4n) is 2.56. The van der Waals surface area contributed by atoms with Crippen LogP contribution in [0.3, 0.4) is 0 Å². The highest BCUT2D eigenvalue weighted by Gasteiger charge is 2.25. The molecule has 26 heavy (non-hydrogen) atoms. The molecule has 2 aromatic rings. The first-order valence-electron chi connectivity index (χ1n) is 8.34. The van der Waals surface area contributed by atoms with Gasteiger partial charge in [0.1, 0.15) is 0 Å². The summed E-state index contributed by atoms with van der Waals surface area (Å²) in [6.45, 7) is 5.51. The summed E-state index contributed by atoms with van der Waals surface area (Å²) in [5, 5.41) is 3.24. The first-order chi connectivity index (χ1) is 12.2. The Morgan fingerprint density at radius 3 is 2.23 bits per heavy atom. The predicted octanol–water partition coefficient (Wildman–Crippen LogP) is 3.52. The molecule has 0 aliphatic heterocycles. The van der Waals surface area contributed by atoms with E-state index in [2.05, 4.69) is 10.0 Å². The van der Waals surface area contributed by atoms with E-state index in [9.17, 15) is 13.2 Å². The van der Waals surface area contributed by atoms with Crippen LogP contribution in [0.15, 0.2) is 59.5 Å². The van der Waals surface area contributed by atoms with Crippen molar-refractivity contribution < 1.29 is 13.2 Å². The minimum absolute atomic E-state index is 0.0214. The molecule has 0 heterocycles. The van der Waals surface area contributed by atoms with E-state index in [0.29, 0.717) is 5.02 Å². The van der Waals surface area contributed by atoms with E-state index >= 15 is 0 Å². The standard InChI is InChI=1S/C19H23ClN2O3S/c1-13(2)18(15-8-5-4-6-9-15)21-19(23)14(3)22-26(24,25)17-11-7-10-16(20)12-17/h4-14,18,22H,1-3H3,(H,21,23)/t14-,18-/m1/s1. The minimum Gasteiger partial charge on any atom is -0.348 e.